The van der Waals surface area contributed by atoms with Crippen molar-refractivity contribution >= 4 is 19.2 Å². The first-order valence-electron chi connectivity index (χ1n) is 8.07. The Bertz CT molecular complexity index is 471. The van der Waals surface area contributed by atoms with Crippen molar-refractivity contribution in [1.82, 2.24) is 4.98 Å². The molecule has 2 heterocycles. The second-order valence-electron chi connectivity index (χ2n) is 5.84. The molecule has 1 aliphatic rings. The molecular weight excluding hydrogens is 373 g/mol. The third-order valence-corrected chi connectivity index (χ3v) is 14.1. The number of aromatic nitrogens is 1. The molecule has 1 aromatic heterocycles. The molecule has 5 heteroatoms. The van der Waals surface area contributed by atoms with Crippen molar-refractivity contribution in [1.29, 1.82) is 0 Å². The molecule has 21 heavy (non-hydrogen) atoms. The second kappa shape index (κ2) is 7.79. The van der Waals surface area contributed by atoms with Crippen molar-refractivity contribution in [3.05, 3.63) is 23.0 Å². The van der Waals surface area contributed by atoms with Crippen LogP contribution in [0.4, 0.5) is 0 Å². The van der Waals surface area contributed by atoms with Crippen LogP contribution in [-0.2, 0) is 16.3 Å². The van der Waals surface area contributed by atoms with Gasteiger partial charge in [-0.25, -0.2) is 0 Å². The summed E-state index contributed by atoms with van der Waals surface area (Å²) in [5.74, 6) is 0.913. The molecule has 0 fully saturated rings. The molecule has 2 rings (SSSR count). The van der Waals surface area contributed by atoms with Crippen molar-refractivity contribution in [2.45, 2.75) is 68.5 Å². The Kier molecular flexibility index (Phi) is 6.32. The Morgan fingerprint density at radius 1 is 1.24 bits per heavy atom. The van der Waals surface area contributed by atoms with Gasteiger partial charge in [0.15, 0.2) is 0 Å². The molecule has 1 aromatic rings. The van der Waals surface area contributed by atoms with Crippen molar-refractivity contribution in [2.75, 3.05) is 0 Å². The number of aryl methyl sites for hydroxylation is 1. The van der Waals surface area contributed by atoms with E-state index >= 15 is 0 Å². The van der Waals surface area contributed by atoms with Crippen LogP contribution in [0.5, 0.6) is 5.75 Å². The van der Waals surface area contributed by atoms with Crippen molar-refractivity contribution in [2.24, 2.45) is 0 Å². The first-order valence-corrected chi connectivity index (χ1v) is 14.4. The molecule has 0 saturated heterocycles. The zero-order chi connectivity index (χ0) is 15.3. The van der Waals surface area contributed by atoms with Crippen LogP contribution in [0.1, 0.15) is 56.4 Å². The number of hydrogen-bond acceptors (Lipinski definition) is 4. The minimum absolute atomic E-state index is 0.00519. The van der Waals surface area contributed by atoms with Gasteiger partial charge in [0.05, 0.1) is 0 Å². The van der Waals surface area contributed by atoms with Crippen LogP contribution in [0.25, 0.3) is 0 Å². The van der Waals surface area contributed by atoms with Gasteiger partial charge in [-0.05, 0) is 0 Å². The van der Waals surface area contributed by atoms with Gasteiger partial charge in [-0.1, -0.05) is 0 Å². The van der Waals surface area contributed by atoms with Crippen LogP contribution in [0.2, 0.25) is 8.87 Å². The van der Waals surface area contributed by atoms with Gasteiger partial charge in [-0.3, -0.25) is 0 Å². The van der Waals surface area contributed by atoms with Crippen molar-refractivity contribution in [3.63, 3.8) is 0 Å². The van der Waals surface area contributed by atoms with Gasteiger partial charge in [-0.2, -0.15) is 0 Å². The number of rotatable bonds is 7. The van der Waals surface area contributed by atoms with Crippen LogP contribution in [-0.4, -0.2) is 29.3 Å². The first-order chi connectivity index (χ1) is 10.2. The van der Waals surface area contributed by atoms with Gasteiger partial charge >= 0.3 is 133 Å². The fourth-order valence-corrected chi connectivity index (χ4v) is 13.2. The van der Waals surface area contributed by atoms with Crippen LogP contribution >= 0.6 is 0 Å². The Labute approximate surface area is 132 Å². The Balaban J connectivity index is 2.28. The number of pyridine rings is 1. The van der Waals surface area contributed by atoms with Crippen LogP contribution in [0, 0.1) is 6.92 Å². The molecule has 0 radical (unpaired) electrons. The summed E-state index contributed by atoms with van der Waals surface area (Å²) < 4.78 is 15.1. The van der Waals surface area contributed by atoms with E-state index in [4.69, 9.17) is 6.15 Å². The number of aliphatic hydroxyl groups excluding tert-OH is 1. The maximum absolute atomic E-state index is 9.46. The van der Waals surface area contributed by atoms with E-state index in [2.05, 4.69) is 18.8 Å². The fourth-order valence-electron chi connectivity index (χ4n) is 2.79. The van der Waals surface area contributed by atoms with E-state index in [1.54, 1.807) is 6.20 Å². The Hall–Kier alpha value is -0.331. The summed E-state index contributed by atoms with van der Waals surface area (Å²) in [6.07, 6.45) is 6.46. The normalized spacial score (nSPS) is 16.4. The Morgan fingerprint density at radius 3 is 2.48 bits per heavy atom. The molecule has 4 nitrogen and oxygen atoms in total. The molecule has 0 unspecified atom stereocenters. The van der Waals surface area contributed by atoms with E-state index in [1.807, 2.05) is 6.92 Å². The average Bonchev–Trinajstić information content (AvgIpc) is 2.52. The summed E-state index contributed by atoms with van der Waals surface area (Å²) in [5, 5.41) is 9.46. The van der Waals surface area contributed by atoms with E-state index < -0.39 is 19.2 Å². The molecule has 0 saturated carbocycles. The number of fused-ring (bicyclic) bond motifs is 1. The maximum atomic E-state index is 9.46. The number of aliphatic hydroxyl groups is 1. The first kappa shape index (κ1) is 17.0. The van der Waals surface area contributed by atoms with Crippen LogP contribution in [0.3, 0.4) is 0 Å². The molecular formula is C16H27NO3Sn. The second-order valence-corrected chi connectivity index (χ2v) is 15.3. The molecule has 0 bridgehead atoms. The van der Waals surface area contributed by atoms with Crippen LogP contribution in [0.15, 0.2) is 6.20 Å². The monoisotopic (exact) mass is 401 g/mol. The summed E-state index contributed by atoms with van der Waals surface area (Å²) in [5.41, 5.74) is 2.77. The van der Waals surface area contributed by atoms with E-state index in [-0.39, 0.29) is 6.61 Å². The summed E-state index contributed by atoms with van der Waals surface area (Å²) in [6.45, 7) is 7.01. The van der Waals surface area contributed by atoms with Crippen molar-refractivity contribution < 1.29 is 11.3 Å². The topological polar surface area (TPSA) is 51.6 Å². The van der Waals surface area contributed by atoms with E-state index in [0.29, 0.717) is 6.61 Å². The molecule has 0 atom stereocenters. The number of unbranched alkanes of at least 4 members (excludes halogenated alkanes) is 2. The van der Waals surface area contributed by atoms with Crippen molar-refractivity contribution in [3.8, 4) is 5.75 Å². The van der Waals surface area contributed by atoms with Gasteiger partial charge in [0.2, 0.25) is 0 Å². The van der Waals surface area contributed by atoms with E-state index in [9.17, 15) is 5.11 Å². The van der Waals surface area contributed by atoms with Crippen LogP contribution < -0.4 is 3.07 Å². The molecule has 0 aromatic carbocycles. The summed E-state index contributed by atoms with van der Waals surface area (Å²) >= 11 is -3.01. The number of hydrogen-bond donors (Lipinski definition) is 1. The molecule has 0 spiro atoms. The minimum atomic E-state index is -3.01. The SMILES string of the molecule is CCC[CH2][Sn]1([CH2]CCC)[O]Cc2c(CO)cnc(C)c2[O]1. The Morgan fingerprint density at radius 2 is 1.90 bits per heavy atom. The molecule has 1 N–H and O–H groups in total. The predicted octanol–water partition coefficient (Wildman–Crippen LogP) is 3.83. The zero-order valence-electron chi connectivity index (χ0n) is 13.4. The number of nitrogens with zero attached hydrogens (tertiary/aromatic N) is 1. The predicted molar refractivity (Wildman–Crippen MR) is 85.5 cm³/mol. The molecule has 1 aliphatic heterocycles. The van der Waals surface area contributed by atoms with Gasteiger partial charge in [0.25, 0.3) is 0 Å². The van der Waals surface area contributed by atoms with E-state index in [1.165, 1.54) is 25.7 Å². The third kappa shape index (κ3) is 3.90. The van der Waals surface area contributed by atoms with Gasteiger partial charge in [0.1, 0.15) is 0 Å². The summed E-state index contributed by atoms with van der Waals surface area (Å²) in [7, 11) is 0. The van der Waals surface area contributed by atoms with Gasteiger partial charge < -0.3 is 0 Å². The van der Waals surface area contributed by atoms with E-state index in [0.717, 1.165) is 31.4 Å². The summed E-state index contributed by atoms with van der Waals surface area (Å²) in [4.78, 5) is 4.38. The van der Waals surface area contributed by atoms with Gasteiger partial charge in [0, 0.05) is 0 Å². The average molecular weight is 400 g/mol. The summed E-state index contributed by atoms with van der Waals surface area (Å²) in [6, 6.07) is 0. The third-order valence-electron chi connectivity index (χ3n) is 4.16. The fraction of sp³-hybridized carbons (Fsp3) is 0.688. The molecule has 118 valence electrons. The van der Waals surface area contributed by atoms with Gasteiger partial charge in [-0.15, -0.1) is 0 Å². The molecule has 0 amide bonds. The quantitative estimate of drug-likeness (QED) is 0.707. The molecule has 0 aliphatic carbocycles. The standard InChI is InChI=1S/C8H10NO3.2C4H9.Sn/c1-5-8(12)7(4-11)6(3-10)2-9-5;2*1-3-4-2;/h2,10,12H,3-4H2,1H3;2*1,3-4H2,2H3;/q-1;;;+2/p-1. The zero-order valence-corrected chi connectivity index (χ0v) is 16.3.